The summed E-state index contributed by atoms with van der Waals surface area (Å²) in [5, 5.41) is 20.0. The highest BCUT2D eigenvalue weighted by atomic mass is 16.4. The van der Waals surface area contributed by atoms with E-state index in [-0.39, 0.29) is 12.3 Å². The van der Waals surface area contributed by atoms with Crippen molar-refractivity contribution in [2.24, 2.45) is 0 Å². The Kier molecular flexibility index (Phi) is 2.33. The molecule has 1 amide bonds. The summed E-state index contributed by atoms with van der Waals surface area (Å²) in [5.41, 5.74) is 1.60. The molecule has 1 atom stereocenters. The summed E-state index contributed by atoms with van der Waals surface area (Å²) in [5.74, 6) is -2.05. The van der Waals surface area contributed by atoms with Gasteiger partial charge >= 0.3 is 5.97 Å². The second kappa shape index (κ2) is 3.66. The Morgan fingerprint density at radius 3 is 2.94 bits per heavy atom. The quantitative estimate of drug-likeness (QED) is 0.773. The Balaban J connectivity index is 2.42. The normalized spacial score (nSPS) is 17.4. The maximum atomic E-state index is 11.5. The molecule has 80 valence electrons. The summed E-state index contributed by atoms with van der Waals surface area (Å²) in [7, 11) is 0. The number of fused-ring (bicyclic) bond motifs is 1. The van der Waals surface area contributed by atoms with Gasteiger partial charge in [-0.25, -0.2) is 0 Å². The van der Waals surface area contributed by atoms with Gasteiger partial charge in [0.1, 0.15) is 0 Å². The Bertz CT molecular complexity index is 516. The van der Waals surface area contributed by atoms with Crippen molar-refractivity contribution in [2.75, 3.05) is 5.32 Å². The van der Waals surface area contributed by atoms with Gasteiger partial charge in [0.2, 0.25) is 5.91 Å². The van der Waals surface area contributed by atoms with E-state index in [9.17, 15) is 9.59 Å². The lowest BCUT2D eigenvalue weighted by atomic mass is 9.96. The fourth-order valence-electron chi connectivity index (χ4n) is 1.77. The van der Waals surface area contributed by atoms with Gasteiger partial charge in [0.25, 0.3) is 0 Å². The Labute approximate surface area is 91.3 Å². The highest BCUT2D eigenvalue weighted by Gasteiger charge is 2.32. The Morgan fingerprint density at radius 1 is 1.56 bits per heavy atom. The molecule has 1 heterocycles. The van der Waals surface area contributed by atoms with Gasteiger partial charge in [-0.2, -0.15) is 5.26 Å². The Hall–Kier alpha value is -2.35. The minimum Gasteiger partial charge on any atom is -0.481 e. The maximum absolute atomic E-state index is 11.5. The molecule has 0 bridgehead atoms. The van der Waals surface area contributed by atoms with Crippen LogP contribution in [0.5, 0.6) is 0 Å². The first-order chi connectivity index (χ1) is 7.61. The van der Waals surface area contributed by atoms with Gasteiger partial charge in [0, 0.05) is 5.69 Å². The van der Waals surface area contributed by atoms with E-state index >= 15 is 0 Å². The van der Waals surface area contributed by atoms with E-state index in [1.54, 1.807) is 18.2 Å². The molecule has 5 heteroatoms. The van der Waals surface area contributed by atoms with E-state index < -0.39 is 11.9 Å². The number of benzene rings is 1. The summed E-state index contributed by atoms with van der Waals surface area (Å²) in [4.78, 5) is 22.1. The zero-order valence-electron chi connectivity index (χ0n) is 8.23. The highest BCUT2D eigenvalue weighted by Crippen LogP contribution is 2.35. The standard InChI is InChI=1S/C11H8N2O3/c12-5-6-1-2-9-7(3-6)8(4-10(14)15)11(16)13-9/h1-3,8H,4H2,(H,13,16)(H,14,15). The number of hydrogen-bond acceptors (Lipinski definition) is 3. The van der Waals surface area contributed by atoms with Crippen LogP contribution in [-0.2, 0) is 9.59 Å². The molecule has 2 N–H and O–H groups in total. The summed E-state index contributed by atoms with van der Waals surface area (Å²) in [6.45, 7) is 0. The number of rotatable bonds is 2. The van der Waals surface area contributed by atoms with Crippen LogP contribution in [0.4, 0.5) is 5.69 Å². The first-order valence-corrected chi connectivity index (χ1v) is 4.68. The number of nitriles is 1. The van der Waals surface area contributed by atoms with Gasteiger partial charge in [-0.05, 0) is 23.8 Å². The largest absolute Gasteiger partial charge is 0.481 e. The second-order valence-corrected chi connectivity index (χ2v) is 3.55. The molecule has 1 aromatic carbocycles. The minimum atomic E-state index is -1.03. The molecule has 0 saturated carbocycles. The van der Waals surface area contributed by atoms with E-state index in [2.05, 4.69) is 5.32 Å². The van der Waals surface area contributed by atoms with Crippen molar-refractivity contribution in [1.29, 1.82) is 5.26 Å². The van der Waals surface area contributed by atoms with Gasteiger partial charge < -0.3 is 10.4 Å². The van der Waals surface area contributed by atoms with Crippen molar-refractivity contribution in [2.45, 2.75) is 12.3 Å². The zero-order chi connectivity index (χ0) is 11.7. The highest BCUT2D eigenvalue weighted by molar-refractivity contribution is 6.04. The topological polar surface area (TPSA) is 90.2 Å². The van der Waals surface area contributed by atoms with Crippen LogP contribution in [0.3, 0.4) is 0 Å². The third-order valence-electron chi connectivity index (χ3n) is 2.51. The Morgan fingerprint density at radius 2 is 2.31 bits per heavy atom. The average Bonchev–Trinajstić information content (AvgIpc) is 2.54. The SMILES string of the molecule is N#Cc1ccc2c(c1)C(CC(=O)O)C(=O)N2. The molecule has 1 unspecified atom stereocenters. The molecule has 5 nitrogen and oxygen atoms in total. The fourth-order valence-corrected chi connectivity index (χ4v) is 1.77. The molecule has 16 heavy (non-hydrogen) atoms. The van der Waals surface area contributed by atoms with Crippen molar-refractivity contribution in [3.8, 4) is 6.07 Å². The molecule has 0 aliphatic carbocycles. The predicted molar refractivity (Wildman–Crippen MR) is 54.8 cm³/mol. The van der Waals surface area contributed by atoms with E-state index in [4.69, 9.17) is 10.4 Å². The van der Waals surface area contributed by atoms with Gasteiger partial charge in [0.15, 0.2) is 0 Å². The molecular weight excluding hydrogens is 208 g/mol. The number of carboxylic acids is 1. The summed E-state index contributed by atoms with van der Waals surface area (Å²) >= 11 is 0. The van der Waals surface area contributed by atoms with Gasteiger partial charge in [-0.3, -0.25) is 9.59 Å². The first-order valence-electron chi connectivity index (χ1n) is 4.68. The average molecular weight is 216 g/mol. The lowest BCUT2D eigenvalue weighted by molar-refractivity contribution is -0.138. The molecule has 0 spiro atoms. The van der Waals surface area contributed by atoms with Gasteiger partial charge in [-0.15, -0.1) is 0 Å². The van der Waals surface area contributed by atoms with E-state index in [1.807, 2.05) is 6.07 Å². The molecule has 2 rings (SSSR count). The summed E-state index contributed by atoms with van der Waals surface area (Å²) < 4.78 is 0. The maximum Gasteiger partial charge on any atom is 0.304 e. The van der Waals surface area contributed by atoms with E-state index in [1.165, 1.54) is 0 Å². The van der Waals surface area contributed by atoms with Crippen LogP contribution in [0.1, 0.15) is 23.5 Å². The third-order valence-corrected chi connectivity index (χ3v) is 2.51. The van der Waals surface area contributed by atoms with Crippen molar-refractivity contribution < 1.29 is 14.7 Å². The molecular formula is C11H8N2O3. The molecule has 0 saturated heterocycles. The van der Waals surface area contributed by atoms with Crippen LogP contribution in [0.15, 0.2) is 18.2 Å². The molecule has 1 aromatic rings. The summed E-state index contributed by atoms with van der Waals surface area (Å²) in [6, 6.07) is 6.72. The van der Waals surface area contributed by atoms with Crippen LogP contribution in [0.25, 0.3) is 0 Å². The van der Waals surface area contributed by atoms with Crippen LogP contribution in [0, 0.1) is 11.3 Å². The molecule has 0 fully saturated rings. The molecule has 0 radical (unpaired) electrons. The monoisotopic (exact) mass is 216 g/mol. The number of hydrogen-bond donors (Lipinski definition) is 2. The van der Waals surface area contributed by atoms with Crippen LogP contribution in [-0.4, -0.2) is 17.0 Å². The minimum absolute atomic E-state index is 0.256. The van der Waals surface area contributed by atoms with E-state index in [0.717, 1.165) is 0 Å². The number of nitrogens with one attached hydrogen (secondary N) is 1. The second-order valence-electron chi connectivity index (χ2n) is 3.55. The van der Waals surface area contributed by atoms with Crippen LogP contribution < -0.4 is 5.32 Å². The number of aliphatic carboxylic acids is 1. The summed E-state index contributed by atoms with van der Waals surface area (Å²) in [6.07, 6.45) is -0.256. The zero-order valence-corrected chi connectivity index (χ0v) is 8.23. The molecule has 0 aromatic heterocycles. The number of carboxylic acid groups (broad SMARTS) is 1. The van der Waals surface area contributed by atoms with Crippen LogP contribution >= 0.6 is 0 Å². The van der Waals surface area contributed by atoms with Crippen molar-refractivity contribution in [3.05, 3.63) is 29.3 Å². The van der Waals surface area contributed by atoms with Crippen molar-refractivity contribution in [1.82, 2.24) is 0 Å². The number of carbonyl (C=O) groups is 2. The number of carbonyl (C=O) groups excluding carboxylic acids is 1. The molecule has 1 aliphatic heterocycles. The van der Waals surface area contributed by atoms with Crippen LogP contribution in [0.2, 0.25) is 0 Å². The number of nitrogens with zero attached hydrogens (tertiary/aromatic N) is 1. The van der Waals surface area contributed by atoms with Gasteiger partial charge in [0.05, 0.1) is 24.0 Å². The predicted octanol–water partition coefficient (Wildman–Crippen LogP) is 1.07. The lowest BCUT2D eigenvalue weighted by Crippen LogP contribution is -2.15. The number of anilines is 1. The van der Waals surface area contributed by atoms with Gasteiger partial charge in [-0.1, -0.05) is 0 Å². The number of amides is 1. The lowest BCUT2D eigenvalue weighted by Gasteiger charge is -2.04. The van der Waals surface area contributed by atoms with E-state index in [0.29, 0.717) is 16.8 Å². The van der Waals surface area contributed by atoms with Crippen molar-refractivity contribution >= 4 is 17.6 Å². The molecule has 1 aliphatic rings. The van der Waals surface area contributed by atoms with Crippen molar-refractivity contribution in [3.63, 3.8) is 0 Å². The smallest absolute Gasteiger partial charge is 0.304 e. The first kappa shape index (κ1) is 10.2. The third kappa shape index (κ3) is 1.61. The fraction of sp³-hybridized carbons (Fsp3) is 0.182.